The van der Waals surface area contributed by atoms with Gasteiger partial charge in [0.25, 0.3) is 0 Å². The number of hydrogen-bond acceptors (Lipinski definition) is 3. The van der Waals surface area contributed by atoms with Crippen molar-refractivity contribution in [2.45, 2.75) is 6.42 Å². The van der Waals surface area contributed by atoms with Crippen LogP contribution in [0, 0.1) is 0 Å². The molecule has 0 bridgehead atoms. The lowest BCUT2D eigenvalue weighted by Gasteiger charge is -2.49. The lowest BCUT2D eigenvalue weighted by molar-refractivity contribution is -0.935. The Hall–Kier alpha value is 0.0300. The molecule has 0 aromatic rings. The number of nitrogens with one attached hydrogen (secondary N) is 1. The smallest absolute Gasteiger partial charge is 0.319 e. The second-order valence-corrected chi connectivity index (χ2v) is 8.29. The van der Waals surface area contributed by atoms with Gasteiger partial charge in [-0.25, -0.2) is 9.76 Å². The summed E-state index contributed by atoms with van der Waals surface area (Å²) >= 11 is 0. The van der Waals surface area contributed by atoms with Gasteiger partial charge < -0.3 is 9.01 Å². The summed E-state index contributed by atoms with van der Waals surface area (Å²) in [5, 5.41) is 3.11. The average molecular weight is 289 g/mol. The van der Waals surface area contributed by atoms with Gasteiger partial charge in [0, 0.05) is 19.6 Å². The Labute approximate surface area is 115 Å². The van der Waals surface area contributed by atoms with Crippen LogP contribution in [0.5, 0.6) is 0 Å². The highest BCUT2D eigenvalue weighted by atomic mass is 31.2. The van der Waals surface area contributed by atoms with Crippen LogP contribution in [0.4, 0.5) is 0 Å². The molecule has 1 unspecified atom stereocenters. The highest BCUT2D eigenvalue weighted by Crippen LogP contribution is 2.49. The maximum atomic E-state index is 12.7. The summed E-state index contributed by atoms with van der Waals surface area (Å²) < 4.78 is 21.5. The number of piperazine rings is 2. The molecular formula is C12H26N4O2P+. The minimum Gasteiger partial charge on any atom is -0.319 e. The fraction of sp³-hybridized carbons (Fsp3) is 1.00. The molecule has 3 aliphatic rings. The van der Waals surface area contributed by atoms with Crippen LogP contribution >= 0.6 is 7.67 Å². The number of rotatable bonds is 1. The molecule has 0 amide bonds. The van der Waals surface area contributed by atoms with Gasteiger partial charge in [-0.2, -0.15) is 0 Å². The van der Waals surface area contributed by atoms with E-state index in [-0.39, 0.29) is 0 Å². The van der Waals surface area contributed by atoms with Gasteiger partial charge in [-0.1, -0.05) is 0 Å². The predicted molar refractivity (Wildman–Crippen MR) is 75.0 cm³/mol. The molecule has 3 rings (SSSR count). The molecule has 1 N–H and O–H groups in total. The Morgan fingerprint density at radius 2 is 1.74 bits per heavy atom. The normalized spacial score (nSPS) is 37.5. The van der Waals surface area contributed by atoms with Gasteiger partial charge in [0.1, 0.15) is 0 Å². The largest absolute Gasteiger partial charge is 0.343 e. The first-order chi connectivity index (χ1) is 9.12. The maximum absolute atomic E-state index is 12.7. The summed E-state index contributed by atoms with van der Waals surface area (Å²) in [6.07, 6.45) is 0.962. The molecule has 3 fully saturated rings. The summed E-state index contributed by atoms with van der Waals surface area (Å²) in [6.45, 7) is 10.3. The third kappa shape index (κ3) is 2.89. The Morgan fingerprint density at radius 1 is 1.11 bits per heavy atom. The van der Waals surface area contributed by atoms with E-state index < -0.39 is 7.67 Å². The third-order valence-electron chi connectivity index (χ3n) is 4.85. The number of hydrogen-bond donors (Lipinski definition) is 1. The monoisotopic (exact) mass is 289 g/mol. The number of likely N-dealkylation sites (N-methyl/N-ethyl adjacent to an activating group) is 1. The van der Waals surface area contributed by atoms with E-state index in [1.54, 1.807) is 0 Å². The van der Waals surface area contributed by atoms with Gasteiger partial charge >= 0.3 is 7.67 Å². The quantitative estimate of drug-likeness (QED) is 0.551. The number of quaternary nitrogens is 1. The Kier molecular flexibility index (Phi) is 4.00. The van der Waals surface area contributed by atoms with Crippen LogP contribution in [-0.2, 0) is 9.09 Å². The second kappa shape index (κ2) is 5.43. The standard InChI is InChI=1S/C12H26N4O2P/c1-14-4-8-16(9-5-14)10-6-15(7-11-16)19(17)13-3-2-12-18-19/h2-12H2,1H3,(H,13,17)/q+1. The minimum absolute atomic E-state index is 0.631. The van der Waals surface area contributed by atoms with Crippen LogP contribution in [0.15, 0.2) is 0 Å². The molecule has 7 heteroatoms. The molecule has 0 aliphatic carbocycles. The van der Waals surface area contributed by atoms with Crippen molar-refractivity contribution in [3.8, 4) is 0 Å². The van der Waals surface area contributed by atoms with Gasteiger partial charge in [-0.05, 0) is 13.5 Å². The van der Waals surface area contributed by atoms with Crippen LogP contribution in [0.2, 0.25) is 0 Å². The van der Waals surface area contributed by atoms with E-state index in [4.69, 9.17) is 4.52 Å². The molecule has 110 valence electrons. The summed E-state index contributed by atoms with van der Waals surface area (Å²) in [5.74, 6) is 0. The van der Waals surface area contributed by atoms with Gasteiger partial charge in [-0.15, -0.1) is 0 Å². The van der Waals surface area contributed by atoms with Gasteiger partial charge in [0.15, 0.2) is 0 Å². The van der Waals surface area contributed by atoms with Crippen molar-refractivity contribution in [2.75, 3.05) is 72.6 Å². The highest BCUT2D eigenvalue weighted by Gasteiger charge is 2.42. The molecule has 1 atom stereocenters. The van der Waals surface area contributed by atoms with Crippen molar-refractivity contribution in [3.05, 3.63) is 0 Å². The molecule has 3 aliphatic heterocycles. The molecule has 0 radical (unpaired) electrons. The summed E-state index contributed by atoms with van der Waals surface area (Å²) in [4.78, 5) is 2.41. The van der Waals surface area contributed by atoms with E-state index in [1.165, 1.54) is 30.7 Å². The zero-order valence-corrected chi connectivity index (χ0v) is 12.8. The SMILES string of the molecule is CN1CC[N+]2(CC1)CCN(P1(=O)NCCCO1)CC2. The Balaban J connectivity index is 1.58. The summed E-state index contributed by atoms with van der Waals surface area (Å²) in [5.41, 5.74) is 0. The molecule has 0 aromatic heterocycles. The molecule has 1 spiro atoms. The summed E-state index contributed by atoms with van der Waals surface area (Å²) in [7, 11) is -0.508. The van der Waals surface area contributed by atoms with Crippen molar-refractivity contribution in [3.63, 3.8) is 0 Å². The van der Waals surface area contributed by atoms with Crippen molar-refractivity contribution in [1.82, 2.24) is 14.7 Å². The van der Waals surface area contributed by atoms with E-state index in [1.807, 2.05) is 0 Å². The second-order valence-electron chi connectivity index (χ2n) is 6.11. The van der Waals surface area contributed by atoms with E-state index in [0.29, 0.717) is 6.61 Å². The first-order valence-corrected chi connectivity index (χ1v) is 8.99. The zero-order chi connectivity index (χ0) is 13.3. The van der Waals surface area contributed by atoms with Gasteiger partial charge in [0.2, 0.25) is 0 Å². The van der Waals surface area contributed by atoms with Crippen molar-refractivity contribution < 1.29 is 13.6 Å². The van der Waals surface area contributed by atoms with Crippen molar-refractivity contribution in [1.29, 1.82) is 0 Å². The van der Waals surface area contributed by atoms with Gasteiger partial charge in [0.05, 0.1) is 45.9 Å². The minimum atomic E-state index is -2.71. The zero-order valence-electron chi connectivity index (χ0n) is 11.9. The fourth-order valence-electron chi connectivity index (χ4n) is 3.29. The first-order valence-electron chi connectivity index (χ1n) is 7.41. The van der Waals surface area contributed by atoms with Crippen molar-refractivity contribution in [2.24, 2.45) is 0 Å². The molecule has 3 heterocycles. The van der Waals surface area contributed by atoms with Crippen LogP contribution < -0.4 is 5.09 Å². The molecule has 6 nitrogen and oxygen atoms in total. The molecule has 0 saturated carbocycles. The third-order valence-corrected chi connectivity index (χ3v) is 7.15. The molecule has 3 saturated heterocycles. The fourth-order valence-corrected chi connectivity index (χ4v) is 5.26. The molecule has 19 heavy (non-hydrogen) atoms. The van der Waals surface area contributed by atoms with E-state index in [2.05, 4.69) is 21.7 Å². The van der Waals surface area contributed by atoms with Crippen LogP contribution in [0.3, 0.4) is 0 Å². The topological polar surface area (TPSA) is 44.8 Å². The lowest BCUT2D eigenvalue weighted by atomic mass is 10.2. The van der Waals surface area contributed by atoms with E-state index in [9.17, 15) is 4.57 Å². The number of nitrogens with zero attached hydrogens (tertiary/aromatic N) is 3. The average Bonchev–Trinajstić information content (AvgIpc) is 2.44. The van der Waals surface area contributed by atoms with Crippen LogP contribution in [-0.4, -0.2) is 86.6 Å². The predicted octanol–water partition coefficient (Wildman–Crippen LogP) is 0.182. The molecule has 0 aromatic carbocycles. The van der Waals surface area contributed by atoms with Crippen molar-refractivity contribution >= 4 is 7.67 Å². The maximum Gasteiger partial charge on any atom is 0.343 e. The van der Waals surface area contributed by atoms with Crippen LogP contribution in [0.25, 0.3) is 0 Å². The van der Waals surface area contributed by atoms with Crippen LogP contribution in [0.1, 0.15) is 6.42 Å². The molecular weight excluding hydrogens is 263 g/mol. The van der Waals surface area contributed by atoms with E-state index in [0.717, 1.165) is 39.1 Å². The first kappa shape index (κ1) is 14.0. The lowest BCUT2D eigenvalue weighted by Crippen LogP contribution is -2.65. The Morgan fingerprint density at radius 3 is 2.32 bits per heavy atom. The highest BCUT2D eigenvalue weighted by molar-refractivity contribution is 7.54. The van der Waals surface area contributed by atoms with Gasteiger partial charge in [-0.3, -0.25) is 9.46 Å². The summed E-state index contributed by atoms with van der Waals surface area (Å²) in [6, 6.07) is 0. The van der Waals surface area contributed by atoms with E-state index >= 15 is 0 Å². The Bertz CT molecular complexity index is 351.